The summed E-state index contributed by atoms with van der Waals surface area (Å²) in [5, 5.41) is 10.7. The van der Waals surface area contributed by atoms with E-state index < -0.39 is 5.82 Å². The van der Waals surface area contributed by atoms with Crippen LogP contribution in [0.1, 0.15) is 44.6 Å². The molecule has 4 rings (SSSR count). The van der Waals surface area contributed by atoms with E-state index in [1.54, 1.807) is 48.9 Å². The maximum absolute atomic E-state index is 13.8. The number of rotatable bonds is 7. The molecule has 0 fully saturated rings. The van der Waals surface area contributed by atoms with Gasteiger partial charge in [0, 0.05) is 12.4 Å². The molecule has 1 amide bonds. The quantitative estimate of drug-likeness (QED) is 0.419. The molecule has 4 aromatic rings. The summed E-state index contributed by atoms with van der Waals surface area (Å²) in [4.78, 5) is 32.6. The van der Waals surface area contributed by atoms with Crippen molar-refractivity contribution in [2.24, 2.45) is 0 Å². The molecule has 8 nitrogen and oxygen atoms in total. The highest BCUT2D eigenvalue weighted by Gasteiger charge is 2.19. The van der Waals surface area contributed by atoms with Crippen LogP contribution in [0.25, 0.3) is 23.1 Å². The standard InChI is InChI=1S/C24H20FN5O3/c1-14(31)18-11-15(3-6-19(18)25)4-7-20-22-21(30-29-20)8-5-17(23(22)33-2)24(32)28-13-16-12-26-9-10-27-16/h3-12H,13H2,1-2H3,(H,28,32)(H,29,30)/b7-4+. The van der Waals surface area contributed by atoms with Gasteiger partial charge in [0.05, 0.1) is 53.3 Å². The topological polar surface area (TPSA) is 110 Å². The highest BCUT2D eigenvalue weighted by molar-refractivity contribution is 6.05. The van der Waals surface area contributed by atoms with Gasteiger partial charge in [-0.3, -0.25) is 24.7 Å². The number of amides is 1. The number of halogens is 1. The number of carbonyl (C=O) groups excluding carboxylic acids is 2. The summed E-state index contributed by atoms with van der Waals surface area (Å²) in [5.74, 6) is -0.892. The average molecular weight is 445 g/mol. The average Bonchev–Trinajstić information content (AvgIpc) is 3.25. The number of hydrogen-bond acceptors (Lipinski definition) is 6. The minimum absolute atomic E-state index is 0.0173. The fourth-order valence-electron chi connectivity index (χ4n) is 3.40. The van der Waals surface area contributed by atoms with Gasteiger partial charge in [0.15, 0.2) is 5.78 Å². The van der Waals surface area contributed by atoms with Crippen molar-refractivity contribution in [1.82, 2.24) is 25.5 Å². The molecular formula is C24H20FN5O3. The van der Waals surface area contributed by atoms with Gasteiger partial charge in [-0.25, -0.2) is 4.39 Å². The minimum atomic E-state index is -0.566. The third-order valence-corrected chi connectivity index (χ3v) is 5.01. The SMILES string of the molecule is COc1c(C(=O)NCc2cnccn2)ccc2[nH]nc(/C=C/c3ccc(F)c(C(C)=O)c3)c12. The van der Waals surface area contributed by atoms with Gasteiger partial charge in [-0.2, -0.15) is 5.10 Å². The third kappa shape index (κ3) is 4.62. The predicted molar refractivity (Wildman–Crippen MR) is 121 cm³/mol. The van der Waals surface area contributed by atoms with Gasteiger partial charge in [0.2, 0.25) is 0 Å². The summed E-state index contributed by atoms with van der Waals surface area (Å²) < 4.78 is 19.4. The van der Waals surface area contributed by atoms with E-state index in [1.807, 2.05) is 0 Å². The number of fused-ring (bicyclic) bond motifs is 1. The summed E-state index contributed by atoms with van der Waals surface area (Å²) in [7, 11) is 1.48. The lowest BCUT2D eigenvalue weighted by molar-refractivity contribution is 0.0946. The Balaban J connectivity index is 1.65. The molecule has 0 aliphatic rings. The minimum Gasteiger partial charge on any atom is -0.495 e. The van der Waals surface area contributed by atoms with Crippen LogP contribution in [-0.2, 0) is 6.54 Å². The van der Waals surface area contributed by atoms with Gasteiger partial charge in [0.25, 0.3) is 5.91 Å². The Kier molecular flexibility index (Phi) is 6.21. The lowest BCUT2D eigenvalue weighted by atomic mass is 10.0. The van der Waals surface area contributed by atoms with Crippen LogP contribution >= 0.6 is 0 Å². The number of aromatic nitrogens is 4. The van der Waals surface area contributed by atoms with Crippen molar-refractivity contribution in [3.8, 4) is 5.75 Å². The molecule has 0 radical (unpaired) electrons. The number of nitrogens with one attached hydrogen (secondary N) is 2. The molecule has 33 heavy (non-hydrogen) atoms. The van der Waals surface area contributed by atoms with Crippen LogP contribution in [0.2, 0.25) is 0 Å². The molecule has 0 atom stereocenters. The number of ketones is 1. The fourth-order valence-corrected chi connectivity index (χ4v) is 3.40. The molecule has 0 bridgehead atoms. The van der Waals surface area contributed by atoms with E-state index in [0.29, 0.717) is 39.2 Å². The third-order valence-electron chi connectivity index (χ3n) is 5.01. The summed E-state index contributed by atoms with van der Waals surface area (Å²) in [6.45, 7) is 1.53. The number of nitrogens with zero attached hydrogens (tertiary/aromatic N) is 3. The van der Waals surface area contributed by atoms with Crippen LogP contribution in [0.5, 0.6) is 5.75 Å². The van der Waals surface area contributed by atoms with Crippen LogP contribution < -0.4 is 10.1 Å². The van der Waals surface area contributed by atoms with E-state index in [2.05, 4.69) is 25.5 Å². The van der Waals surface area contributed by atoms with Crippen LogP contribution in [-0.4, -0.2) is 39.0 Å². The van der Waals surface area contributed by atoms with E-state index >= 15 is 0 Å². The molecule has 0 aliphatic carbocycles. The van der Waals surface area contributed by atoms with Crippen molar-refractivity contribution in [3.05, 3.63) is 82.8 Å². The number of ether oxygens (including phenoxy) is 1. The second-order valence-electron chi connectivity index (χ2n) is 7.19. The van der Waals surface area contributed by atoms with Gasteiger partial charge in [-0.15, -0.1) is 0 Å². The molecule has 0 spiro atoms. The summed E-state index contributed by atoms with van der Waals surface area (Å²) in [6, 6.07) is 7.68. The first-order valence-corrected chi connectivity index (χ1v) is 10.0. The first kappa shape index (κ1) is 21.8. The van der Waals surface area contributed by atoms with Crippen molar-refractivity contribution in [1.29, 1.82) is 0 Å². The number of hydrogen-bond donors (Lipinski definition) is 2. The zero-order valence-corrected chi connectivity index (χ0v) is 17.9. The summed E-state index contributed by atoms with van der Waals surface area (Å²) in [6.07, 6.45) is 8.11. The smallest absolute Gasteiger partial charge is 0.255 e. The van der Waals surface area contributed by atoms with Crippen LogP contribution in [0.15, 0.2) is 48.9 Å². The Morgan fingerprint density at radius 1 is 1.15 bits per heavy atom. The van der Waals surface area contributed by atoms with Crippen molar-refractivity contribution in [3.63, 3.8) is 0 Å². The van der Waals surface area contributed by atoms with Crippen molar-refractivity contribution >= 4 is 34.7 Å². The van der Waals surface area contributed by atoms with E-state index in [9.17, 15) is 14.0 Å². The maximum atomic E-state index is 13.8. The summed E-state index contributed by atoms with van der Waals surface area (Å²) in [5.41, 5.74) is 2.82. The maximum Gasteiger partial charge on any atom is 0.255 e. The highest BCUT2D eigenvalue weighted by Crippen LogP contribution is 2.32. The molecular weight excluding hydrogens is 425 g/mol. The second-order valence-corrected chi connectivity index (χ2v) is 7.19. The van der Waals surface area contributed by atoms with Gasteiger partial charge in [0.1, 0.15) is 11.6 Å². The van der Waals surface area contributed by atoms with Crippen LogP contribution in [0, 0.1) is 5.82 Å². The second kappa shape index (κ2) is 9.39. The lowest BCUT2D eigenvalue weighted by Crippen LogP contribution is -2.24. The van der Waals surface area contributed by atoms with E-state index in [0.717, 1.165) is 0 Å². The Labute approximate surface area is 188 Å². The Hall–Kier alpha value is -4.40. The molecule has 0 aliphatic heterocycles. The van der Waals surface area contributed by atoms with Gasteiger partial charge < -0.3 is 10.1 Å². The number of H-pyrrole nitrogens is 1. The number of benzene rings is 2. The Morgan fingerprint density at radius 2 is 2.00 bits per heavy atom. The van der Waals surface area contributed by atoms with E-state index in [1.165, 1.54) is 26.2 Å². The number of methoxy groups -OCH3 is 1. The zero-order chi connectivity index (χ0) is 23.4. The van der Waals surface area contributed by atoms with Crippen molar-refractivity contribution < 1.29 is 18.7 Å². The van der Waals surface area contributed by atoms with Crippen LogP contribution in [0.3, 0.4) is 0 Å². The van der Waals surface area contributed by atoms with Gasteiger partial charge >= 0.3 is 0 Å². The largest absolute Gasteiger partial charge is 0.495 e. The van der Waals surface area contributed by atoms with Crippen molar-refractivity contribution in [2.75, 3.05) is 7.11 Å². The molecule has 2 N–H and O–H groups in total. The molecule has 0 unspecified atom stereocenters. The molecule has 2 aromatic heterocycles. The zero-order valence-electron chi connectivity index (χ0n) is 17.9. The molecule has 2 aromatic carbocycles. The van der Waals surface area contributed by atoms with Gasteiger partial charge in [-0.05, 0) is 42.8 Å². The normalized spacial score (nSPS) is 11.1. The first-order chi connectivity index (χ1) is 16.0. The number of carbonyl (C=O) groups is 2. The Morgan fingerprint density at radius 3 is 2.73 bits per heavy atom. The lowest BCUT2D eigenvalue weighted by Gasteiger charge is -2.10. The predicted octanol–water partition coefficient (Wildman–Crippen LogP) is 3.80. The van der Waals surface area contributed by atoms with Crippen LogP contribution in [0.4, 0.5) is 4.39 Å². The molecule has 9 heteroatoms. The summed E-state index contributed by atoms with van der Waals surface area (Å²) >= 11 is 0. The molecule has 0 saturated carbocycles. The number of Topliss-reactive ketones (excluding diaryl/α,β-unsaturated/α-hetero) is 1. The first-order valence-electron chi connectivity index (χ1n) is 10.0. The fraction of sp³-hybridized carbons (Fsp3) is 0.125. The number of aromatic amines is 1. The Bertz CT molecular complexity index is 1370. The van der Waals surface area contributed by atoms with E-state index in [4.69, 9.17) is 4.74 Å². The van der Waals surface area contributed by atoms with Gasteiger partial charge in [-0.1, -0.05) is 12.1 Å². The molecule has 166 valence electrons. The molecule has 0 saturated heterocycles. The van der Waals surface area contributed by atoms with Crippen molar-refractivity contribution in [2.45, 2.75) is 13.5 Å². The monoisotopic (exact) mass is 445 g/mol. The van der Waals surface area contributed by atoms with E-state index in [-0.39, 0.29) is 23.8 Å². The highest BCUT2D eigenvalue weighted by atomic mass is 19.1. The molecule has 2 heterocycles.